The van der Waals surface area contributed by atoms with E-state index in [0.29, 0.717) is 34.7 Å². The number of carbonyl (C=O) groups excluding carboxylic acids is 2. The minimum Gasteiger partial charge on any atom is -0.493 e. The first kappa shape index (κ1) is 23.3. The molecule has 1 saturated heterocycles. The van der Waals surface area contributed by atoms with Crippen LogP contribution >= 0.6 is 11.8 Å². The summed E-state index contributed by atoms with van der Waals surface area (Å²) >= 11 is 1.92. The first-order valence-corrected chi connectivity index (χ1v) is 12.1. The number of nitrogens with zero attached hydrogens (tertiary/aromatic N) is 1. The van der Waals surface area contributed by atoms with Gasteiger partial charge in [0.1, 0.15) is 0 Å². The van der Waals surface area contributed by atoms with Crippen LogP contribution in [0.4, 0.5) is 11.4 Å². The lowest BCUT2D eigenvalue weighted by Gasteiger charge is -2.20. The van der Waals surface area contributed by atoms with E-state index in [1.165, 1.54) is 51.9 Å². The molecule has 7 nitrogen and oxygen atoms in total. The quantitative estimate of drug-likeness (QED) is 0.601. The van der Waals surface area contributed by atoms with Crippen LogP contribution in [0, 0.1) is 5.92 Å². The number of anilines is 2. The van der Waals surface area contributed by atoms with Crippen LogP contribution in [0.25, 0.3) is 0 Å². The van der Waals surface area contributed by atoms with Crippen LogP contribution in [0.15, 0.2) is 41.3 Å². The molecule has 2 amide bonds. The van der Waals surface area contributed by atoms with Crippen molar-refractivity contribution in [2.24, 2.45) is 5.92 Å². The molecule has 1 saturated carbocycles. The number of hydrogen-bond donors (Lipinski definition) is 1. The van der Waals surface area contributed by atoms with Crippen LogP contribution in [0.1, 0.15) is 32.1 Å². The van der Waals surface area contributed by atoms with Crippen molar-refractivity contribution < 1.29 is 23.8 Å². The van der Waals surface area contributed by atoms with E-state index < -0.39 is 5.92 Å². The molecular formula is C25H30N2O5S. The third-order valence-electron chi connectivity index (χ3n) is 6.18. The predicted molar refractivity (Wildman–Crippen MR) is 130 cm³/mol. The number of methoxy groups -OCH3 is 3. The molecule has 1 unspecified atom stereocenters. The Kier molecular flexibility index (Phi) is 7.33. The molecule has 33 heavy (non-hydrogen) atoms. The molecule has 2 fully saturated rings. The second-order valence-corrected chi connectivity index (χ2v) is 9.70. The summed E-state index contributed by atoms with van der Waals surface area (Å²) in [5.41, 5.74) is 1.35. The molecule has 176 valence electrons. The van der Waals surface area contributed by atoms with Crippen molar-refractivity contribution in [3.05, 3.63) is 36.4 Å². The molecule has 1 N–H and O–H groups in total. The molecule has 8 heteroatoms. The van der Waals surface area contributed by atoms with Crippen molar-refractivity contribution in [1.29, 1.82) is 0 Å². The number of carbonyl (C=O) groups is 2. The Morgan fingerprint density at radius 2 is 1.64 bits per heavy atom. The zero-order chi connectivity index (χ0) is 23.4. The highest BCUT2D eigenvalue weighted by atomic mass is 32.2. The monoisotopic (exact) mass is 470 g/mol. The average Bonchev–Trinajstić information content (AvgIpc) is 3.49. The summed E-state index contributed by atoms with van der Waals surface area (Å²) in [6.45, 7) is 0.291. The number of rotatable bonds is 8. The van der Waals surface area contributed by atoms with E-state index in [0.717, 1.165) is 5.69 Å². The molecule has 2 aromatic carbocycles. The molecule has 0 spiro atoms. The number of hydrogen-bond acceptors (Lipinski definition) is 6. The molecule has 2 aromatic rings. The van der Waals surface area contributed by atoms with E-state index in [1.54, 1.807) is 17.0 Å². The van der Waals surface area contributed by atoms with Crippen molar-refractivity contribution in [2.75, 3.05) is 38.1 Å². The average molecular weight is 471 g/mol. The van der Waals surface area contributed by atoms with E-state index in [9.17, 15) is 9.59 Å². The lowest BCUT2D eigenvalue weighted by atomic mass is 10.1. The van der Waals surface area contributed by atoms with Gasteiger partial charge < -0.3 is 24.4 Å². The molecule has 1 heterocycles. The Morgan fingerprint density at radius 3 is 2.21 bits per heavy atom. The van der Waals surface area contributed by atoms with Crippen LogP contribution in [0.5, 0.6) is 17.2 Å². The van der Waals surface area contributed by atoms with Crippen molar-refractivity contribution in [2.45, 2.75) is 42.2 Å². The summed E-state index contributed by atoms with van der Waals surface area (Å²) < 4.78 is 16.1. The molecular weight excluding hydrogens is 440 g/mol. The maximum Gasteiger partial charge on any atom is 0.229 e. The first-order valence-electron chi connectivity index (χ1n) is 11.2. The van der Waals surface area contributed by atoms with Gasteiger partial charge in [-0.25, -0.2) is 0 Å². The molecule has 4 rings (SSSR count). The van der Waals surface area contributed by atoms with E-state index in [4.69, 9.17) is 14.2 Å². The zero-order valence-corrected chi connectivity index (χ0v) is 20.1. The Balaban J connectivity index is 1.41. The van der Waals surface area contributed by atoms with Gasteiger partial charge in [0.25, 0.3) is 0 Å². The minimum absolute atomic E-state index is 0.118. The van der Waals surface area contributed by atoms with Gasteiger partial charge in [-0.2, -0.15) is 0 Å². The van der Waals surface area contributed by atoms with Gasteiger partial charge >= 0.3 is 0 Å². The maximum absolute atomic E-state index is 12.9. The number of benzene rings is 2. The third-order valence-corrected chi connectivity index (χ3v) is 7.53. The minimum atomic E-state index is -0.441. The largest absolute Gasteiger partial charge is 0.493 e. The number of thioether (sulfide) groups is 1. The summed E-state index contributed by atoms with van der Waals surface area (Å²) in [5, 5.41) is 3.67. The van der Waals surface area contributed by atoms with Crippen LogP contribution in [0.3, 0.4) is 0 Å². The van der Waals surface area contributed by atoms with Crippen molar-refractivity contribution in [1.82, 2.24) is 0 Å². The summed E-state index contributed by atoms with van der Waals surface area (Å²) in [4.78, 5) is 28.4. The molecule has 1 atom stereocenters. The molecule has 1 aliphatic carbocycles. The highest BCUT2D eigenvalue weighted by Gasteiger charge is 2.36. The van der Waals surface area contributed by atoms with E-state index in [1.807, 2.05) is 23.9 Å². The van der Waals surface area contributed by atoms with E-state index in [-0.39, 0.29) is 18.2 Å². The smallest absolute Gasteiger partial charge is 0.229 e. The SMILES string of the molecule is COc1cc(N2CC(C(=O)Nc3ccc(SC4CCCC4)cc3)CC2=O)cc(OC)c1OC. The Labute approximate surface area is 198 Å². The van der Waals surface area contributed by atoms with Crippen LogP contribution in [-0.2, 0) is 9.59 Å². The fourth-order valence-corrected chi connectivity index (χ4v) is 5.66. The first-order chi connectivity index (χ1) is 16.0. The molecule has 1 aliphatic heterocycles. The molecule has 0 aromatic heterocycles. The lowest BCUT2D eigenvalue weighted by Crippen LogP contribution is -2.28. The summed E-state index contributed by atoms with van der Waals surface area (Å²) in [6.07, 6.45) is 5.35. The Morgan fingerprint density at radius 1 is 1.00 bits per heavy atom. The van der Waals surface area contributed by atoms with Gasteiger partial charge in [-0.3, -0.25) is 9.59 Å². The zero-order valence-electron chi connectivity index (χ0n) is 19.3. The van der Waals surface area contributed by atoms with Gasteiger partial charge in [-0.1, -0.05) is 12.8 Å². The second kappa shape index (κ2) is 10.4. The number of amides is 2. The van der Waals surface area contributed by atoms with Gasteiger partial charge in [-0.15, -0.1) is 11.8 Å². The summed E-state index contributed by atoms with van der Waals surface area (Å²) in [6, 6.07) is 11.4. The van der Waals surface area contributed by atoms with Gasteiger partial charge in [0.15, 0.2) is 11.5 Å². The van der Waals surface area contributed by atoms with Gasteiger partial charge in [-0.05, 0) is 37.1 Å². The predicted octanol–water partition coefficient (Wildman–Crippen LogP) is 4.74. The fraction of sp³-hybridized carbons (Fsp3) is 0.440. The van der Waals surface area contributed by atoms with Crippen LogP contribution in [-0.4, -0.2) is 44.9 Å². The summed E-state index contributed by atoms with van der Waals surface area (Å²) in [5.74, 6) is 0.664. The Hall–Kier alpha value is -2.87. The van der Waals surface area contributed by atoms with E-state index in [2.05, 4.69) is 17.4 Å². The number of ether oxygens (including phenoxy) is 3. The lowest BCUT2D eigenvalue weighted by molar-refractivity contribution is -0.122. The second-order valence-electron chi connectivity index (χ2n) is 8.33. The number of nitrogens with one attached hydrogen (secondary N) is 1. The fourth-order valence-electron chi connectivity index (χ4n) is 4.42. The van der Waals surface area contributed by atoms with Crippen molar-refractivity contribution in [3.8, 4) is 17.2 Å². The van der Waals surface area contributed by atoms with Gasteiger partial charge in [0.2, 0.25) is 17.6 Å². The van der Waals surface area contributed by atoms with Gasteiger partial charge in [0.05, 0.1) is 32.9 Å². The third kappa shape index (κ3) is 5.21. The molecule has 2 aliphatic rings. The normalized spacial score (nSPS) is 18.5. The van der Waals surface area contributed by atoms with E-state index >= 15 is 0 Å². The van der Waals surface area contributed by atoms with Crippen molar-refractivity contribution in [3.63, 3.8) is 0 Å². The van der Waals surface area contributed by atoms with Crippen LogP contribution in [0.2, 0.25) is 0 Å². The maximum atomic E-state index is 12.9. The standard InChI is InChI=1S/C25H30N2O5S/c1-30-21-13-18(14-22(31-2)24(21)32-3)27-15-16(12-23(27)28)25(29)26-17-8-10-20(11-9-17)33-19-6-4-5-7-19/h8-11,13-14,16,19H,4-7,12,15H2,1-3H3,(H,26,29). The Bertz CT molecular complexity index is 979. The van der Waals surface area contributed by atoms with Crippen LogP contribution < -0.4 is 24.4 Å². The highest BCUT2D eigenvalue weighted by Crippen LogP contribution is 2.42. The summed E-state index contributed by atoms with van der Waals surface area (Å²) in [7, 11) is 4.59. The topological polar surface area (TPSA) is 77.1 Å². The highest BCUT2D eigenvalue weighted by molar-refractivity contribution is 8.00. The molecule has 0 bridgehead atoms. The van der Waals surface area contributed by atoms with Crippen molar-refractivity contribution >= 4 is 35.0 Å². The molecule has 0 radical (unpaired) electrons. The van der Waals surface area contributed by atoms with Gasteiger partial charge in [0, 0.05) is 40.9 Å².